The molecule has 8 nitrogen and oxygen atoms in total. The molecule has 1 aliphatic heterocycles. The van der Waals surface area contributed by atoms with Crippen LogP contribution in [-0.4, -0.2) is 50.0 Å². The minimum absolute atomic E-state index is 0.0344. The highest BCUT2D eigenvalue weighted by atomic mass is 35.7. The third kappa shape index (κ3) is 4.49. The molecule has 1 atom stereocenters. The van der Waals surface area contributed by atoms with Crippen LogP contribution in [0, 0.1) is 5.92 Å². The average molecular weight is 381 g/mol. The first-order valence-corrected chi connectivity index (χ1v) is 9.96. The van der Waals surface area contributed by atoms with Gasteiger partial charge in [-0.1, -0.05) is 0 Å². The van der Waals surface area contributed by atoms with E-state index in [1.165, 1.54) is 10.3 Å². The molecule has 1 saturated heterocycles. The van der Waals surface area contributed by atoms with Crippen molar-refractivity contribution in [2.45, 2.75) is 13.3 Å². The lowest BCUT2D eigenvalue weighted by Crippen LogP contribution is -2.25. The first-order valence-electron chi connectivity index (χ1n) is 6.61. The van der Waals surface area contributed by atoms with Gasteiger partial charge in [0.05, 0.1) is 12.4 Å². The molecular formula is C12H13ClN2O6S2. The Morgan fingerprint density at radius 2 is 2.22 bits per heavy atom. The van der Waals surface area contributed by atoms with E-state index in [1.807, 2.05) is 0 Å². The Kier molecular flexibility index (Phi) is 5.37. The van der Waals surface area contributed by atoms with Crippen LogP contribution in [0.2, 0.25) is 0 Å². The third-order valence-electron chi connectivity index (χ3n) is 3.06. The van der Waals surface area contributed by atoms with Gasteiger partial charge < -0.3 is 4.74 Å². The lowest BCUT2D eigenvalue weighted by Gasteiger charge is -2.12. The molecule has 0 aromatic carbocycles. The molecule has 1 aromatic rings. The van der Waals surface area contributed by atoms with E-state index >= 15 is 0 Å². The van der Waals surface area contributed by atoms with Crippen LogP contribution in [0.1, 0.15) is 23.8 Å². The van der Waals surface area contributed by atoms with E-state index in [0.717, 1.165) is 11.3 Å². The van der Waals surface area contributed by atoms with Crippen LogP contribution in [0.5, 0.6) is 0 Å². The zero-order chi connectivity index (χ0) is 17.2. The SMILES string of the molecule is CCOC(=O)C(=O)c1csc(N2CC(CS(=O)(=O)Cl)CC2=O)n1. The van der Waals surface area contributed by atoms with Crippen LogP contribution in [0.3, 0.4) is 0 Å². The molecule has 0 saturated carbocycles. The van der Waals surface area contributed by atoms with Crippen molar-refractivity contribution in [3.63, 3.8) is 0 Å². The van der Waals surface area contributed by atoms with Crippen LogP contribution in [-0.2, 0) is 23.4 Å². The molecule has 0 N–H and O–H groups in total. The van der Waals surface area contributed by atoms with Crippen LogP contribution >= 0.6 is 22.0 Å². The molecule has 0 bridgehead atoms. The monoisotopic (exact) mass is 380 g/mol. The maximum Gasteiger partial charge on any atom is 0.381 e. The highest BCUT2D eigenvalue weighted by molar-refractivity contribution is 8.13. The molecule has 23 heavy (non-hydrogen) atoms. The second-order valence-corrected chi connectivity index (χ2v) is 8.50. The number of hydrogen-bond acceptors (Lipinski definition) is 8. The number of Topliss-reactive ketones (excluding diaryl/α,β-unsaturated/α-hetero) is 1. The smallest absolute Gasteiger partial charge is 0.381 e. The molecule has 1 amide bonds. The summed E-state index contributed by atoms with van der Waals surface area (Å²) in [6.07, 6.45) is 0.0344. The molecule has 1 unspecified atom stereocenters. The summed E-state index contributed by atoms with van der Waals surface area (Å²) in [6.45, 7) is 1.79. The van der Waals surface area contributed by atoms with Gasteiger partial charge in [-0.3, -0.25) is 14.5 Å². The van der Waals surface area contributed by atoms with Gasteiger partial charge in [0.15, 0.2) is 5.13 Å². The Balaban J connectivity index is 2.10. The number of nitrogens with zero attached hydrogens (tertiary/aromatic N) is 2. The van der Waals surface area contributed by atoms with Crippen molar-refractivity contribution in [2.75, 3.05) is 23.8 Å². The van der Waals surface area contributed by atoms with Crippen molar-refractivity contribution >= 4 is 53.9 Å². The van der Waals surface area contributed by atoms with Crippen molar-refractivity contribution in [2.24, 2.45) is 5.92 Å². The summed E-state index contributed by atoms with van der Waals surface area (Å²) in [7, 11) is 1.50. The molecule has 0 radical (unpaired) electrons. The van der Waals surface area contributed by atoms with E-state index in [4.69, 9.17) is 10.7 Å². The van der Waals surface area contributed by atoms with Crippen molar-refractivity contribution in [3.05, 3.63) is 11.1 Å². The van der Waals surface area contributed by atoms with Gasteiger partial charge in [0.2, 0.25) is 15.0 Å². The number of rotatable bonds is 6. The van der Waals surface area contributed by atoms with E-state index in [2.05, 4.69) is 9.72 Å². The van der Waals surface area contributed by atoms with Gasteiger partial charge in [-0.15, -0.1) is 11.3 Å². The summed E-state index contributed by atoms with van der Waals surface area (Å²) >= 11 is 1.02. The van der Waals surface area contributed by atoms with E-state index in [9.17, 15) is 22.8 Å². The van der Waals surface area contributed by atoms with Gasteiger partial charge in [0, 0.05) is 34.9 Å². The molecule has 0 spiro atoms. The molecule has 126 valence electrons. The first-order chi connectivity index (χ1) is 10.7. The second kappa shape index (κ2) is 6.93. The minimum Gasteiger partial charge on any atom is -0.460 e. The summed E-state index contributed by atoms with van der Waals surface area (Å²) in [6, 6.07) is 0. The Hall–Kier alpha value is -1.52. The maximum atomic E-state index is 12.0. The largest absolute Gasteiger partial charge is 0.460 e. The zero-order valence-electron chi connectivity index (χ0n) is 12.0. The highest BCUT2D eigenvalue weighted by Crippen LogP contribution is 2.29. The molecule has 1 aromatic heterocycles. The Bertz CT molecular complexity index is 744. The van der Waals surface area contributed by atoms with Crippen LogP contribution in [0.4, 0.5) is 5.13 Å². The number of halogens is 1. The molecule has 0 aliphatic carbocycles. The van der Waals surface area contributed by atoms with E-state index in [0.29, 0.717) is 0 Å². The highest BCUT2D eigenvalue weighted by Gasteiger charge is 2.35. The van der Waals surface area contributed by atoms with Gasteiger partial charge in [0.1, 0.15) is 5.69 Å². The van der Waals surface area contributed by atoms with Crippen LogP contribution in [0.25, 0.3) is 0 Å². The number of ether oxygens (including phenoxy) is 1. The number of aromatic nitrogens is 1. The Labute approximate surface area is 140 Å². The van der Waals surface area contributed by atoms with E-state index in [-0.39, 0.29) is 42.1 Å². The topological polar surface area (TPSA) is 111 Å². The van der Waals surface area contributed by atoms with Gasteiger partial charge in [-0.2, -0.15) is 0 Å². The van der Waals surface area contributed by atoms with Crippen LogP contribution in [0.15, 0.2) is 5.38 Å². The normalized spacial score (nSPS) is 18.3. The molecule has 1 aliphatic rings. The summed E-state index contributed by atoms with van der Waals surface area (Å²) in [5, 5.41) is 1.59. The summed E-state index contributed by atoms with van der Waals surface area (Å²) in [5.74, 6) is -2.95. The number of amides is 1. The second-order valence-electron chi connectivity index (χ2n) is 4.84. The molecule has 2 heterocycles. The maximum absolute atomic E-state index is 12.0. The number of anilines is 1. The number of thiazole rings is 1. The summed E-state index contributed by atoms with van der Waals surface area (Å²) in [4.78, 5) is 40.4. The Morgan fingerprint density at radius 1 is 1.52 bits per heavy atom. The molecule has 2 rings (SSSR count). The van der Waals surface area contributed by atoms with Gasteiger partial charge in [-0.05, 0) is 6.92 Å². The first kappa shape index (κ1) is 17.8. The summed E-state index contributed by atoms with van der Waals surface area (Å²) in [5.41, 5.74) is -0.107. The van der Waals surface area contributed by atoms with Gasteiger partial charge >= 0.3 is 5.97 Å². The Morgan fingerprint density at radius 3 is 2.83 bits per heavy atom. The number of esters is 1. The van der Waals surface area contributed by atoms with Crippen molar-refractivity contribution < 1.29 is 27.5 Å². The minimum atomic E-state index is -3.70. The fraction of sp³-hybridized carbons (Fsp3) is 0.500. The fourth-order valence-corrected chi connectivity index (χ4v) is 4.31. The lowest BCUT2D eigenvalue weighted by molar-refractivity contribution is -0.137. The van der Waals surface area contributed by atoms with Crippen molar-refractivity contribution in [1.29, 1.82) is 0 Å². The van der Waals surface area contributed by atoms with E-state index < -0.39 is 26.7 Å². The van der Waals surface area contributed by atoms with Crippen molar-refractivity contribution in [3.8, 4) is 0 Å². The predicted molar refractivity (Wildman–Crippen MR) is 83.2 cm³/mol. The van der Waals surface area contributed by atoms with Gasteiger partial charge in [0.25, 0.3) is 5.78 Å². The standard InChI is InChI=1S/C12H13ClN2O6S2/c1-2-21-11(18)10(17)8-5-22-12(14-8)15-4-7(3-9(15)16)6-23(13,19)20/h5,7H,2-4,6H2,1H3. The fourth-order valence-electron chi connectivity index (χ4n) is 2.15. The quantitative estimate of drug-likeness (QED) is 0.311. The number of carbonyl (C=O) groups excluding carboxylic acids is 3. The van der Waals surface area contributed by atoms with Crippen LogP contribution < -0.4 is 4.90 Å². The third-order valence-corrected chi connectivity index (χ3v) is 5.17. The molecular weight excluding hydrogens is 368 g/mol. The lowest BCUT2D eigenvalue weighted by atomic mass is 10.1. The summed E-state index contributed by atoms with van der Waals surface area (Å²) < 4.78 is 26.8. The number of ketones is 1. The zero-order valence-corrected chi connectivity index (χ0v) is 14.4. The number of hydrogen-bond donors (Lipinski definition) is 0. The molecule has 1 fully saturated rings. The average Bonchev–Trinajstić information content (AvgIpc) is 3.03. The van der Waals surface area contributed by atoms with Crippen molar-refractivity contribution in [1.82, 2.24) is 4.98 Å². The molecule has 11 heteroatoms. The predicted octanol–water partition coefficient (Wildman–Crippen LogP) is 0.810. The van der Waals surface area contributed by atoms with Gasteiger partial charge in [-0.25, -0.2) is 18.2 Å². The number of carbonyl (C=O) groups is 3. The van der Waals surface area contributed by atoms with E-state index in [1.54, 1.807) is 6.92 Å².